The smallest absolute Gasteiger partial charge is 0.237 e. The molecule has 1 amide bonds. The number of amides is 1. The number of piperazine rings is 1. The van der Waals surface area contributed by atoms with Crippen molar-refractivity contribution in [2.75, 3.05) is 33.2 Å². The average molecular weight is 512 g/mol. The van der Waals surface area contributed by atoms with E-state index >= 15 is 0 Å². The Bertz CT molecular complexity index is 828. The second-order valence-corrected chi connectivity index (χ2v) is 7.25. The van der Waals surface area contributed by atoms with E-state index < -0.39 is 5.54 Å². The molecule has 1 aliphatic heterocycles. The number of halogens is 1. The van der Waals surface area contributed by atoms with E-state index in [0.29, 0.717) is 6.54 Å². The lowest BCUT2D eigenvalue weighted by Crippen LogP contribution is -2.61. The van der Waals surface area contributed by atoms with Gasteiger partial charge in [0.15, 0.2) is 11.8 Å². The fourth-order valence-electron chi connectivity index (χ4n) is 3.31. The first-order valence-corrected chi connectivity index (χ1v) is 9.38. The summed E-state index contributed by atoms with van der Waals surface area (Å²) in [6, 6.07) is 9.98. The molecular weight excluding hydrogens is 483 g/mol. The zero-order chi connectivity index (χ0) is 20.1. The number of nitrogens with one attached hydrogen (secondary N) is 1. The van der Waals surface area contributed by atoms with E-state index in [1.807, 2.05) is 48.7 Å². The second-order valence-electron chi connectivity index (χ2n) is 7.25. The highest BCUT2D eigenvalue weighted by Crippen LogP contribution is 2.16. The minimum atomic E-state index is -0.644. The molecular formula is C19H29IN8O. The van der Waals surface area contributed by atoms with Crippen molar-refractivity contribution in [3.63, 3.8) is 0 Å². The predicted octanol–water partition coefficient (Wildman–Crippen LogP) is 0.842. The third kappa shape index (κ3) is 5.24. The number of rotatable bonds is 5. The van der Waals surface area contributed by atoms with E-state index in [0.717, 1.165) is 43.7 Å². The van der Waals surface area contributed by atoms with Crippen molar-refractivity contribution >= 4 is 35.8 Å². The molecule has 0 spiro atoms. The zero-order valence-electron chi connectivity index (χ0n) is 17.1. The Morgan fingerprint density at radius 3 is 2.45 bits per heavy atom. The van der Waals surface area contributed by atoms with E-state index in [1.165, 1.54) is 0 Å². The van der Waals surface area contributed by atoms with Crippen LogP contribution in [0.2, 0.25) is 0 Å². The van der Waals surface area contributed by atoms with Crippen molar-refractivity contribution in [3.8, 4) is 5.69 Å². The van der Waals surface area contributed by atoms with Gasteiger partial charge in [-0.1, -0.05) is 18.2 Å². The van der Waals surface area contributed by atoms with Gasteiger partial charge in [0.1, 0.15) is 6.33 Å². The highest BCUT2D eigenvalue weighted by Gasteiger charge is 2.35. The van der Waals surface area contributed by atoms with Crippen LogP contribution < -0.4 is 11.1 Å². The van der Waals surface area contributed by atoms with Crippen LogP contribution in [0.1, 0.15) is 19.7 Å². The molecule has 2 aromatic rings. The van der Waals surface area contributed by atoms with Gasteiger partial charge in [-0.05, 0) is 26.0 Å². The Labute approximate surface area is 188 Å². The molecule has 29 heavy (non-hydrogen) atoms. The number of guanidine groups is 1. The quantitative estimate of drug-likeness (QED) is 0.350. The molecule has 0 saturated carbocycles. The number of carbonyl (C=O) groups is 1. The summed E-state index contributed by atoms with van der Waals surface area (Å²) >= 11 is 0. The molecule has 3 N–H and O–H groups in total. The maximum Gasteiger partial charge on any atom is 0.237 e. The van der Waals surface area contributed by atoms with Gasteiger partial charge in [0.2, 0.25) is 5.91 Å². The lowest BCUT2D eigenvalue weighted by molar-refractivity contribution is -0.129. The Morgan fingerprint density at radius 1 is 1.21 bits per heavy atom. The molecule has 158 valence electrons. The Hall–Kier alpha value is -2.21. The van der Waals surface area contributed by atoms with Gasteiger partial charge in [-0.3, -0.25) is 19.3 Å². The molecule has 0 radical (unpaired) electrons. The van der Waals surface area contributed by atoms with Crippen LogP contribution in [0.25, 0.3) is 5.69 Å². The van der Waals surface area contributed by atoms with Crippen molar-refractivity contribution < 1.29 is 4.79 Å². The number of para-hydroxylation sites is 1. The first-order chi connectivity index (χ1) is 13.4. The molecule has 0 unspecified atom stereocenters. The molecule has 1 aromatic carbocycles. The van der Waals surface area contributed by atoms with Crippen LogP contribution in [0.3, 0.4) is 0 Å². The van der Waals surface area contributed by atoms with Gasteiger partial charge in [-0.2, -0.15) is 0 Å². The van der Waals surface area contributed by atoms with Crippen molar-refractivity contribution in [2.24, 2.45) is 10.7 Å². The SMILES string of the molecule is CN=C(NCc1nncn1-c1ccccc1)N1CCN(C(C)(C)C(N)=O)CC1.I. The number of nitrogens with two attached hydrogens (primary N) is 1. The number of hydrogen-bond acceptors (Lipinski definition) is 5. The van der Waals surface area contributed by atoms with E-state index in [1.54, 1.807) is 13.4 Å². The summed E-state index contributed by atoms with van der Waals surface area (Å²) in [4.78, 5) is 20.4. The van der Waals surface area contributed by atoms with Crippen LogP contribution in [-0.2, 0) is 11.3 Å². The summed E-state index contributed by atoms with van der Waals surface area (Å²) in [6.07, 6.45) is 1.71. The molecule has 1 fully saturated rings. The number of aromatic nitrogens is 3. The summed E-state index contributed by atoms with van der Waals surface area (Å²) in [5.74, 6) is 1.31. The van der Waals surface area contributed by atoms with Crippen LogP contribution in [0.15, 0.2) is 41.7 Å². The fourth-order valence-corrected chi connectivity index (χ4v) is 3.31. The van der Waals surface area contributed by atoms with Gasteiger partial charge in [0.25, 0.3) is 0 Å². The summed E-state index contributed by atoms with van der Waals surface area (Å²) < 4.78 is 1.95. The third-order valence-corrected chi connectivity index (χ3v) is 5.24. The standard InChI is InChI=1S/C19H28N8O.HI/c1-19(2,17(20)28)26-11-9-25(10-12-26)18(21-3)22-13-16-24-23-14-27(16)15-7-5-4-6-8-15;/h4-8,14H,9-13H2,1-3H3,(H2,20,28)(H,21,22);1H. The summed E-state index contributed by atoms with van der Waals surface area (Å²) in [5.41, 5.74) is 5.91. The van der Waals surface area contributed by atoms with Crippen LogP contribution in [-0.4, -0.2) is 75.2 Å². The lowest BCUT2D eigenvalue weighted by Gasteiger charge is -2.43. The summed E-state index contributed by atoms with van der Waals surface area (Å²) in [5, 5.41) is 11.6. The minimum Gasteiger partial charge on any atom is -0.368 e. The maximum absolute atomic E-state index is 11.7. The number of benzene rings is 1. The van der Waals surface area contributed by atoms with E-state index in [4.69, 9.17) is 5.73 Å². The molecule has 1 aromatic heterocycles. The Morgan fingerprint density at radius 2 is 1.86 bits per heavy atom. The Kier molecular flexibility index (Phi) is 7.96. The van der Waals surface area contributed by atoms with Crippen molar-refractivity contribution in [2.45, 2.75) is 25.9 Å². The molecule has 1 aliphatic rings. The van der Waals surface area contributed by atoms with Crippen molar-refractivity contribution in [3.05, 3.63) is 42.5 Å². The van der Waals surface area contributed by atoms with E-state index in [2.05, 4.69) is 30.3 Å². The number of aliphatic imine (C=N–C) groups is 1. The normalized spacial score (nSPS) is 15.7. The molecule has 2 heterocycles. The highest BCUT2D eigenvalue weighted by atomic mass is 127. The largest absolute Gasteiger partial charge is 0.368 e. The van der Waals surface area contributed by atoms with Crippen LogP contribution in [0, 0.1) is 0 Å². The molecule has 0 atom stereocenters. The number of carbonyl (C=O) groups excluding carboxylic acids is 1. The van der Waals surface area contributed by atoms with E-state index in [-0.39, 0.29) is 29.9 Å². The number of nitrogens with zero attached hydrogens (tertiary/aromatic N) is 6. The van der Waals surface area contributed by atoms with Gasteiger partial charge >= 0.3 is 0 Å². The predicted molar refractivity (Wildman–Crippen MR) is 123 cm³/mol. The summed E-state index contributed by atoms with van der Waals surface area (Å²) in [6.45, 7) is 7.27. The van der Waals surface area contributed by atoms with Crippen LogP contribution >= 0.6 is 24.0 Å². The fraction of sp³-hybridized carbons (Fsp3) is 0.474. The van der Waals surface area contributed by atoms with Gasteiger partial charge in [0, 0.05) is 38.9 Å². The highest BCUT2D eigenvalue weighted by molar-refractivity contribution is 14.0. The van der Waals surface area contributed by atoms with Crippen molar-refractivity contribution in [1.82, 2.24) is 29.9 Å². The first kappa shape index (κ1) is 23.1. The van der Waals surface area contributed by atoms with Crippen LogP contribution in [0.5, 0.6) is 0 Å². The molecule has 9 nitrogen and oxygen atoms in total. The zero-order valence-corrected chi connectivity index (χ0v) is 19.4. The van der Waals surface area contributed by atoms with Crippen LogP contribution in [0.4, 0.5) is 0 Å². The van der Waals surface area contributed by atoms with Gasteiger partial charge in [-0.25, -0.2) is 0 Å². The maximum atomic E-state index is 11.7. The summed E-state index contributed by atoms with van der Waals surface area (Å²) in [7, 11) is 1.77. The third-order valence-electron chi connectivity index (χ3n) is 5.24. The van der Waals surface area contributed by atoms with Gasteiger partial charge in [-0.15, -0.1) is 34.2 Å². The number of primary amides is 1. The topological polar surface area (TPSA) is 105 Å². The second kappa shape index (κ2) is 10.0. The molecule has 0 aliphatic carbocycles. The minimum absolute atomic E-state index is 0. The number of hydrogen-bond donors (Lipinski definition) is 2. The van der Waals surface area contributed by atoms with Gasteiger partial charge in [0.05, 0.1) is 12.1 Å². The molecule has 0 bridgehead atoms. The average Bonchev–Trinajstić information content (AvgIpc) is 3.18. The first-order valence-electron chi connectivity index (χ1n) is 9.38. The molecule has 3 rings (SSSR count). The molecule has 10 heteroatoms. The lowest BCUT2D eigenvalue weighted by atomic mass is 10.0. The monoisotopic (exact) mass is 512 g/mol. The van der Waals surface area contributed by atoms with Crippen molar-refractivity contribution in [1.29, 1.82) is 0 Å². The molecule has 1 saturated heterocycles. The Balaban J connectivity index is 0.00000300. The van der Waals surface area contributed by atoms with Gasteiger partial charge < -0.3 is 16.0 Å². The van der Waals surface area contributed by atoms with E-state index in [9.17, 15) is 4.79 Å².